The molecule has 2 unspecified atom stereocenters. The summed E-state index contributed by atoms with van der Waals surface area (Å²) in [7, 11) is 0. The van der Waals surface area contributed by atoms with E-state index in [0.29, 0.717) is 17.9 Å². The monoisotopic (exact) mass is 314 g/mol. The summed E-state index contributed by atoms with van der Waals surface area (Å²) in [6, 6.07) is 7.12. The summed E-state index contributed by atoms with van der Waals surface area (Å²) in [6.45, 7) is 2.38. The van der Waals surface area contributed by atoms with Gasteiger partial charge in [0, 0.05) is 11.8 Å². The molecule has 0 radical (unpaired) electrons. The van der Waals surface area contributed by atoms with Crippen LogP contribution in [0.5, 0.6) is 0 Å². The average molecular weight is 314 g/mol. The Kier molecular flexibility index (Phi) is 4.19. The molecule has 1 aliphatic heterocycles. The van der Waals surface area contributed by atoms with E-state index in [1.54, 1.807) is 24.3 Å². The standard InChI is InChI=1S/C18H18O5/c1-11-2-4-12(5-3-11)18(21)23-10-14-8-16-13(9-22-14)6-7-15(16)17(19)20/h2-8,13,15-16H,9-10H2,1H3,(H,19,20)/t13?,15-,16?/m1/s1. The zero-order chi connectivity index (χ0) is 16.4. The molecule has 5 heteroatoms. The van der Waals surface area contributed by atoms with Crippen LogP contribution in [0.2, 0.25) is 0 Å². The number of carboxylic acids is 1. The van der Waals surface area contributed by atoms with Gasteiger partial charge in [-0.1, -0.05) is 29.8 Å². The number of fused-ring (bicyclic) bond motifs is 1. The number of benzene rings is 1. The van der Waals surface area contributed by atoms with E-state index in [0.717, 1.165) is 5.56 Å². The first-order valence-corrected chi connectivity index (χ1v) is 7.53. The number of carbonyl (C=O) groups excluding carboxylic acids is 1. The lowest BCUT2D eigenvalue weighted by Crippen LogP contribution is -2.28. The molecule has 0 bridgehead atoms. The molecule has 2 aliphatic rings. The first kappa shape index (κ1) is 15.3. The largest absolute Gasteiger partial charge is 0.494 e. The topological polar surface area (TPSA) is 72.8 Å². The Morgan fingerprint density at radius 1 is 1.26 bits per heavy atom. The highest BCUT2D eigenvalue weighted by Crippen LogP contribution is 2.36. The number of carboxylic acid groups (broad SMARTS) is 1. The molecule has 1 heterocycles. The zero-order valence-electron chi connectivity index (χ0n) is 12.8. The number of carbonyl (C=O) groups is 2. The third-order valence-corrected chi connectivity index (χ3v) is 4.23. The van der Waals surface area contributed by atoms with Crippen LogP contribution in [0.15, 0.2) is 48.3 Å². The minimum Gasteiger partial charge on any atom is -0.494 e. The lowest BCUT2D eigenvalue weighted by atomic mass is 9.86. The Bertz CT molecular complexity index is 671. The van der Waals surface area contributed by atoms with Gasteiger partial charge in [-0.3, -0.25) is 4.79 Å². The summed E-state index contributed by atoms with van der Waals surface area (Å²) in [5.41, 5.74) is 1.55. The molecule has 5 nitrogen and oxygen atoms in total. The van der Waals surface area contributed by atoms with Gasteiger partial charge in [-0.05, 0) is 25.1 Å². The van der Waals surface area contributed by atoms with Gasteiger partial charge >= 0.3 is 11.9 Å². The van der Waals surface area contributed by atoms with Crippen LogP contribution in [0.4, 0.5) is 0 Å². The third kappa shape index (κ3) is 3.28. The summed E-state index contributed by atoms with van der Waals surface area (Å²) in [5, 5.41) is 9.22. The van der Waals surface area contributed by atoms with E-state index in [4.69, 9.17) is 9.47 Å². The highest BCUT2D eigenvalue weighted by atomic mass is 16.6. The number of aryl methyl sites for hydroxylation is 1. The fourth-order valence-electron chi connectivity index (χ4n) is 2.89. The van der Waals surface area contributed by atoms with Crippen molar-refractivity contribution in [1.29, 1.82) is 0 Å². The first-order valence-electron chi connectivity index (χ1n) is 7.53. The van der Waals surface area contributed by atoms with Gasteiger partial charge < -0.3 is 14.6 Å². The van der Waals surface area contributed by atoms with Crippen LogP contribution in [0.25, 0.3) is 0 Å². The maximum atomic E-state index is 12.0. The number of allylic oxidation sites excluding steroid dienone is 1. The number of aliphatic carboxylic acids is 1. The Morgan fingerprint density at radius 3 is 2.70 bits per heavy atom. The van der Waals surface area contributed by atoms with E-state index < -0.39 is 17.9 Å². The molecular weight excluding hydrogens is 296 g/mol. The predicted molar refractivity (Wildman–Crippen MR) is 82.7 cm³/mol. The minimum absolute atomic E-state index is 0.0161. The van der Waals surface area contributed by atoms with Crippen LogP contribution >= 0.6 is 0 Å². The van der Waals surface area contributed by atoms with Gasteiger partial charge in [-0.25, -0.2) is 4.79 Å². The van der Waals surface area contributed by atoms with E-state index in [-0.39, 0.29) is 18.4 Å². The van der Waals surface area contributed by atoms with E-state index in [9.17, 15) is 14.7 Å². The Balaban J connectivity index is 1.62. The summed E-state index contributed by atoms with van der Waals surface area (Å²) >= 11 is 0. The molecule has 1 aliphatic carbocycles. The smallest absolute Gasteiger partial charge is 0.338 e. The average Bonchev–Trinajstić information content (AvgIpc) is 2.96. The van der Waals surface area contributed by atoms with Crippen LogP contribution in [0.3, 0.4) is 0 Å². The Labute approximate surface area is 134 Å². The molecule has 0 saturated heterocycles. The van der Waals surface area contributed by atoms with Crippen LogP contribution in [-0.2, 0) is 14.3 Å². The van der Waals surface area contributed by atoms with Crippen LogP contribution in [0.1, 0.15) is 15.9 Å². The number of esters is 1. The molecule has 1 aromatic carbocycles. The van der Waals surface area contributed by atoms with Crippen LogP contribution in [0, 0.1) is 24.7 Å². The van der Waals surface area contributed by atoms with Crippen molar-refractivity contribution in [2.24, 2.45) is 17.8 Å². The van der Waals surface area contributed by atoms with Gasteiger partial charge in [-0.2, -0.15) is 0 Å². The molecule has 0 aromatic heterocycles. The molecular formula is C18H18O5. The van der Waals surface area contributed by atoms with Crippen LogP contribution in [-0.4, -0.2) is 30.3 Å². The van der Waals surface area contributed by atoms with Crippen molar-refractivity contribution >= 4 is 11.9 Å². The van der Waals surface area contributed by atoms with E-state index in [1.807, 2.05) is 25.1 Å². The number of hydrogen-bond acceptors (Lipinski definition) is 4. The molecule has 23 heavy (non-hydrogen) atoms. The fraction of sp³-hybridized carbons (Fsp3) is 0.333. The molecule has 1 aromatic rings. The molecule has 1 N–H and O–H groups in total. The lowest BCUT2D eigenvalue weighted by molar-refractivity contribution is -0.141. The maximum Gasteiger partial charge on any atom is 0.338 e. The Hall–Kier alpha value is -2.56. The SMILES string of the molecule is Cc1ccc(C(=O)OCC2=CC3C(C=C[C@H]3C(=O)O)CO2)cc1. The molecule has 0 fully saturated rings. The quantitative estimate of drug-likeness (QED) is 0.683. The molecule has 3 atom stereocenters. The first-order chi connectivity index (χ1) is 11.0. The van der Waals surface area contributed by atoms with E-state index in [2.05, 4.69) is 0 Å². The van der Waals surface area contributed by atoms with Crippen molar-refractivity contribution < 1.29 is 24.2 Å². The molecule has 0 spiro atoms. The number of ether oxygens (including phenoxy) is 2. The van der Waals surface area contributed by atoms with E-state index in [1.165, 1.54) is 0 Å². The van der Waals surface area contributed by atoms with Gasteiger partial charge in [0.25, 0.3) is 0 Å². The third-order valence-electron chi connectivity index (χ3n) is 4.23. The number of rotatable bonds is 4. The molecule has 3 rings (SSSR count). The highest BCUT2D eigenvalue weighted by Gasteiger charge is 2.38. The van der Waals surface area contributed by atoms with Gasteiger partial charge in [0.05, 0.1) is 18.1 Å². The van der Waals surface area contributed by atoms with Crippen molar-refractivity contribution in [2.75, 3.05) is 13.2 Å². The number of hydrogen-bond donors (Lipinski definition) is 1. The summed E-state index contributed by atoms with van der Waals surface area (Å²) in [6.07, 6.45) is 5.36. The lowest BCUT2D eigenvalue weighted by Gasteiger charge is -2.27. The maximum absolute atomic E-state index is 12.0. The van der Waals surface area contributed by atoms with Gasteiger partial charge in [0.1, 0.15) is 12.4 Å². The molecule has 0 amide bonds. The summed E-state index contributed by atoms with van der Waals surface area (Å²) in [4.78, 5) is 23.2. The Morgan fingerprint density at radius 2 is 2.00 bits per heavy atom. The zero-order valence-corrected chi connectivity index (χ0v) is 12.8. The second-order valence-corrected chi connectivity index (χ2v) is 5.88. The van der Waals surface area contributed by atoms with Gasteiger partial charge in [-0.15, -0.1) is 0 Å². The second-order valence-electron chi connectivity index (χ2n) is 5.88. The highest BCUT2D eigenvalue weighted by molar-refractivity contribution is 5.89. The van der Waals surface area contributed by atoms with Crippen molar-refractivity contribution in [2.45, 2.75) is 6.92 Å². The van der Waals surface area contributed by atoms with Crippen molar-refractivity contribution in [3.8, 4) is 0 Å². The normalized spacial score (nSPS) is 25.3. The minimum atomic E-state index is -0.845. The van der Waals surface area contributed by atoms with Crippen LogP contribution < -0.4 is 0 Å². The van der Waals surface area contributed by atoms with Crippen molar-refractivity contribution in [3.63, 3.8) is 0 Å². The van der Waals surface area contributed by atoms with Gasteiger partial charge in [0.15, 0.2) is 0 Å². The molecule has 0 saturated carbocycles. The fourth-order valence-corrected chi connectivity index (χ4v) is 2.89. The van der Waals surface area contributed by atoms with Crippen molar-refractivity contribution in [1.82, 2.24) is 0 Å². The summed E-state index contributed by atoms with van der Waals surface area (Å²) in [5.74, 6) is -1.34. The van der Waals surface area contributed by atoms with Gasteiger partial charge in [0.2, 0.25) is 0 Å². The summed E-state index contributed by atoms with van der Waals surface area (Å²) < 4.78 is 10.8. The molecule has 120 valence electrons. The van der Waals surface area contributed by atoms with Crippen molar-refractivity contribution in [3.05, 3.63) is 59.4 Å². The van der Waals surface area contributed by atoms with E-state index >= 15 is 0 Å². The predicted octanol–water partition coefficient (Wildman–Crippen LogP) is 2.57. The second kappa shape index (κ2) is 6.28.